The van der Waals surface area contributed by atoms with Crippen molar-refractivity contribution in [3.05, 3.63) is 23.8 Å². The third-order valence-electron chi connectivity index (χ3n) is 3.23. The van der Waals surface area contributed by atoms with Gasteiger partial charge in [-0.1, -0.05) is 13.0 Å². The number of hydrogen-bond acceptors (Lipinski definition) is 4. The van der Waals surface area contributed by atoms with Gasteiger partial charge in [0.05, 0.1) is 6.61 Å². The molecule has 5 heteroatoms. The van der Waals surface area contributed by atoms with Crippen LogP contribution in [-0.2, 0) is 11.2 Å². The summed E-state index contributed by atoms with van der Waals surface area (Å²) in [5, 5.41) is 2.90. The van der Waals surface area contributed by atoms with Crippen LogP contribution in [0.3, 0.4) is 0 Å². The highest BCUT2D eigenvalue weighted by molar-refractivity contribution is 5.78. The van der Waals surface area contributed by atoms with Crippen molar-refractivity contribution in [2.75, 3.05) is 19.8 Å². The fourth-order valence-electron chi connectivity index (χ4n) is 1.98. The van der Waals surface area contributed by atoms with Crippen molar-refractivity contribution < 1.29 is 14.3 Å². The van der Waals surface area contributed by atoms with E-state index >= 15 is 0 Å². The Kier molecular flexibility index (Phi) is 5.87. The molecule has 21 heavy (non-hydrogen) atoms. The van der Waals surface area contributed by atoms with Gasteiger partial charge in [0.25, 0.3) is 5.91 Å². The van der Waals surface area contributed by atoms with Gasteiger partial charge in [-0.3, -0.25) is 4.79 Å². The van der Waals surface area contributed by atoms with Crippen LogP contribution in [0.4, 0.5) is 0 Å². The van der Waals surface area contributed by atoms with Crippen LogP contribution < -0.4 is 20.5 Å². The molecule has 0 bridgehead atoms. The van der Waals surface area contributed by atoms with Crippen molar-refractivity contribution in [3.8, 4) is 11.5 Å². The molecular formula is C16H24N2O3. The summed E-state index contributed by atoms with van der Waals surface area (Å²) in [6.45, 7) is 3.30. The number of rotatable bonds is 9. The smallest absolute Gasteiger partial charge is 0.258 e. The maximum atomic E-state index is 11.7. The SMILES string of the molecule is CCCOc1ccc(CCN)c(OCC(=O)NC2CC2)c1. The normalized spacial score (nSPS) is 13.8. The third-order valence-corrected chi connectivity index (χ3v) is 3.23. The standard InChI is InChI=1S/C16H24N2O3/c1-2-9-20-14-6-3-12(7-8-17)15(10-14)21-11-16(19)18-13-4-5-13/h3,6,10,13H,2,4-5,7-9,11,17H2,1H3,(H,18,19). The predicted molar refractivity (Wildman–Crippen MR) is 81.6 cm³/mol. The highest BCUT2D eigenvalue weighted by atomic mass is 16.5. The van der Waals surface area contributed by atoms with E-state index < -0.39 is 0 Å². The van der Waals surface area contributed by atoms with Gasteiger partial charge in [-0.2, -0.15) is 0 Å². The molecule has 0 spiro atoms. The first kappa shape index (κ1) is 15.6. The van der Waals surface area contributed by atoms with Crippen LogP contribution >= 0.6 is 0 Å². The predicted octanol–water partition coefficient (Wildman–Crippen LogP) is 1.63. The molecule has 1 aromatic rings. The molecule has 1 fully saturated rings. The molecule has 1 amide bonds. The van der Waals surface area contributed by atoms with Crippen LogP contribution in [0.1, 0.15) is 31.7 Å². The fourth-order valence-corrected chi connectivity index (χ4v) is 1.98. The number of ether oxygens (including phenoxy) is 2. The first-order chi connectivity index (χ1) is 10.2. The van der Waals surface area contributed by atoms with E-state index in [9.17, 15) is 4.79 Å². The molecule has 1 aliphatic carbocycles. The first-order valence-corrected chi connectivity index (χ1v) is 7.61. The van der Waals surface area contributed by atoms with Crippen molar-refractivity contribution in [1.82, 2.24) is 5.32 Å². The van der Waals surface area contributed by atoms with Crippen LogP contribution in [0.15, 0.2) is 18.2 Å². The van der Waals surface area contributed by atoms with Gasteiger partial charge in [-0.15, -0.1) is 0 Å². The van der Waals surface area contributed by atoms with Crippen molar-refractivity contribution in [1.29, 1.82) is 0 Å². The Morgan fingerprint density at radius 3 is 2.86 bits per heavy atom. The number of nitrogens with two attached hydrogens (primary N) is 1. The maximum Gasteiger partial charge on any atom is 0.258 e. The van der Waals surface area contributed by atoms with E-state index in [0.29, 0.717) is 31.4 Å². The summed E-state index contributed by atoms with van der Waals surface area (Å²) in [6.07, 6.45) is 3.81. The van der Waals surface area contributed by atoms with E-state index in [1.165, 1.54) is 0 Å². The van der Waals surface area contributed by atoms with Crippen LogP contribution in [0.5, 0.6) is 11.5 Å². The molecule has 0 atom stereocenters. The second-order valence-corrected chi connectivity index (χ2v) is 5.29. The summed E-state index contributed by atoms with van der Waals surface area (Å²) in [5.74, 6) is 1.37. The number of carbonyl (C=O) groups is 1. The Balaban J connectivity index is 1.96. The Morgan fingerprint density at radius 2 is 2.19 bits per heavy atom. The summed E-state index contributed by atoms with van der Waals surface area (Å²) in [6, 6.07) is 6.05. The van der Waals surface area contributed by atoms with Gasteiger partial charge in [0.15, 0.2) is 6.61 Å². The van der Waals surface area contributed by atoms with E-state index in [1.807, 2.05) is 18.2 Å². The number of nitrogens with one attached hydrogen (secondary N) is 1. The lowest BCUT2D eigenvalue weighted by Crippen LogP contribution is -2.30. The molecule has 0 saturated heterocycles. The van der Waals surface area contributed by atoms with Gasteiger partial charge < -0.3 is 20.5 Å². The van der Waals surface area contributed by atoms with Crippen LogP contribution in [0, 0.1) is 0 Å². The Morgan fingerprint density at radius 1 is 1.38 bits per heavy atom. The van der Waals surface area contributed by atoms with E-state index in [4.69, 9.17) is 15.2 Å². The minimum absolute atomic E-state index is 0.0330. The highest BCUT2D eigenvalue weighted by Crippen LogP contribution is 2.25. The molecule has 1 saturated carbocycles. The van der Waals surface area contributed by atoms with Gasteiger partial charge in [0.1, 0.15) is 11.5 Å². The van der Waals surface area contributed by atoms with Gasteiger partial charge in [-0.05, 0) is 43.9 Å². The average Bonchev–Trinajstić information content (AvgIpc) is 3.29. The van der Waals surface area contributed by atoms with Gasteiger partial charge in [-0.25, -0.2) is 0 Å². The van der Waals surface area contributed by atoms with Crippen molar-refractivity contribution in [2.24, 2.45) is 5.73 Å². The molecule has 0 heterocycles. The van der Waals surface area contributed by atoms with Crippen LogP contribution in [0.2, 0.25) is 0 Å². The van der Waals surface area contributed by atoms with Gasteiger partial charge in [0.2, 0.25) is 0 Å². The minimum Gasteiger partial charge on any atom is -0.493 e. The summed E-state index contributed by atoms with van der Waals surface area (Å²) < 4.78 is 11.3. The highest BCUT2D eigenvalue weighted by Gasteiger charge is 2.23. The average molecular weight is 292 g/mol. The molecule has 0 radical (unpaired) electrons. The second kappa shape index (κ2) is 7.88. The molecule has 0 aliphatic heterocycles. The molecule has 1 aliphatic rings. The lowest BCUT2D eigenvalue weighted by Gasteiger charge is -2.13. The van der Waals surface area contributed by atoms with E-state index in [1.54, 1.807) is 0 Å². The quantitative estimate of drug-likeness (QED) is 0.725. The van der Waals surface area contributed by atoms with Gasteiger partial charge in [0, 0.05) is 12.1 Å². The van der Waals surface area contributed by atoms with Crippen molar-refractivity contribution in [2.45, 2.75) is 38.6 Å². The number of amides is 1. The molecule has 1 aromatic carbocycles. The maximum absolute atomic E-state index is 11.7. The minimum atomic E-state index is -0.0731. The van der Waals surface area contributed by atoms with E-state index in [2.05, 4.69) is 12.2 Å². The van der Waals surface area contributed by atoms with Crippen molar-refractivity contribution >= 4 is 5.91 Å². The summed E-state index contributed by atoms with van der Waals surface area (Å²) in [4.78, 5) is 11.7. The van der Waals surface area contributed by atoms with Crippen molar-refractivity contribution in [3.63, 3.8) is 0 Å². The summed E-state index contributed by atoms with van der Waals surface area (Å²) in [7, 11) is 0. The zero-order valence-electron chi connectivity index (χ0n) is 12.6. The Bertz CT molecular complexity index is 473. The molecule has 2 rings (SSSR count). The van der Waals surface area contributed by atoms with E-state index in [0.717, 1.165) is 30.6 Å². The Hall–Kier alpha value is -1.75. The monoisotopic (exact) mass is 292 g/mol. The first-order valence-electron chi connectivity index (χ1n) is 7.61. The zero-order valence-corrected chi connectivity index (χ0v) is 12.6. The molecule has 0 unspecified atom stereocenters. The lowest BCUT2D eigenvalue weighted by atomic mass is 10.1. The van der Waals surface area contributed by atoms with Crippen LogP contribution in [-0.4, -0.2) is 31.7 Å². The Labute approximate surface area is 125 Å². The molecule has 0 aromatic heterocycles. The second-order valence-electron chi connectivity index (χ2n) is 5.29. The lowest BCUT2D eigenvalue weighted by molar-refractivity contribution is -0.123. The largest absolute Gasteiger partial charge is 0.493 e. The summed E-state index contributed by atoms with van der Waals surface area (Å²) >= 11 is 0. The van der Waals surface area contributed by atoms with Crippen LogP contribution in [0.25, 0.3) is 0 Å². The van der Waals surface area contributed by atoms with Gasteiger partial charge >= 0.3 is 0 Å². The number of benzene rings is 1. The number of hydrogen-bond donors (Lipinski definition) is 2. The topological polar surface area (TPSA) is 73.6 Å². The third kappa shape index (κ3) is 5.27. The van der Waals surface area contributed by atoms with E-state index in [-0.39, 0.29) is 12.5 Å². The molecule has 3 N–H and O–H groups in total. The molecule has 116 valence electrons. The zero-order chi connectivity index (χ0) is 15.1. The summed E-state index contributed by atoms with van der Waals surface area (Å²) in [5.41, 5.74) is 6.61. The molecule has 5 nitrogen and oxygen atoms in total. The molecular weight excluding hydrogens is 268 g/mol. The number of carbonyl (C=O) groups excluding carboxylic acids is 1. The fraction of sp³-hybridized carbons (Fsp3) is 0.562.